The molecule has 0 atom stereocenters. The molecule has 2 heterocycles. The van der Waals surface area contributed by atoms with Crippen molar-refractivity contribution in [3.05, 3.63) is 74.7 Å². The third kappa shape index (κ3) is 4.39. The molecule has 0 fully saturated rings. The molecule has 0 saturated heterocycles. The molecule has 0 spiro atoms. The fourth-order valence-electron chi connectivity index (χ4n) is 3.13. The second kappa shape index (κ2) is 9.06. The minimum Gasteiger partial charge on any atom is -0.337 e. The number of benzene rings is 2. The molecule has 0 aliphatic rings. The van der Waals surface area contributed by atoms with E-state index in [9.17, 15) is 4.79 Å². The van der Waals surface area contributed by atoms with Crippen molar-refractivity contribution in [1.29, 1.82) is 0 Å². The Balaban J connectivity index is 1.71. The van der Waals surface area contributed by atoms with Crippen molar-refractivity contribution < 1.29 is 4.79 Å². The van der Waals surface area contributed by atoms with Gasteiger partial charge in [0.15, 0.2) is 5.13 Å². The SMILES string of the molecule is Cc1ccc(Cl)c2sc(N(CCCn3ccnc3)C(=O)c3cc(Br)ccc3Cl)nc12. The number of aromatic nitrogens is 3. The highest BCUT2D eigenvalue weighted by molar-refractivity contribution is 9.10. The topological polar surface area (TPSA) is 51.0 Å². The molecule has 0 bridgehead atoms. The highest BCUT2D eigenvalue weighted by Crippen LogP contribution is 2.36. The summed E-state index contributed by atoms with van der Waals surface area (Å²) in [6.45, 7) is 3.20. The number of rotatable bonds is 6. The van der Waals surface area contributed by atoms with Gasteiger partial charge >= 0.3 is 0 Å². The van der Waals surface area contributed by atoms with Crippen molar-refractivity contribution in [2.24, 2.45) is 0 Å². The van der Waals surface area contributed by atoms with Crippen LogP contribution >= 0.6 is 50.5 Å². The van der Waals surface area contributed by atoms with E-state index in [1.165, 1.54) is 11.3 Å². The molecule has 0 radical (unpaired) electrons. The molecule has 2 aromatic heterocycles. The summed E-state index contributed by atoms with van der Waals surface area (Å²) < 4.78 is 3.64. The molecule has 1 amide bonds. The number of carbonyl (C=O) groups is 1. The number of nitrogens with zero attached hydrogens (tertiary/aromatic N) is 4. The molecule has 30 heavy (non-hydrogen) atoms. The zero-order chi connectivity index (χ0) is 21.3. The molecule has 154 valence electrons. The summed E-state index contributed by atoms with van der Waals surface area (Å²) in [5, 5.41) is 1.64. The first kappa shape index (κ1) is 21.3. The molecule has 5 nitrogen and oxygen atoms in total. The number of aryl methyl sites for hydroxylation is 2. The highest BCUT2D eigenvalue weighted by Gasteiger charge is 2.24. The van der Waals surface area contributed by atoms with Crippen molar-refractivity contribution in [3.8, 4) is 0 Å². The second-order valence-corrected chi connectivity index (χ2v) is 9.48. The Morgan fingerprint density at radius 1 is 1.23 bits per heavy atom. The van der Waals surface area contributed by atoms with E-state index in [2.05, 4.69) is 20.9 Å². The van der Waals surface area contributed by atoms with E-state index in [0.29, 0.717) is 27.3 Å². The number of anilines is 1. The fraction of sp³-hybridized carbons (Fsp3) is 0.190. The Labute approximate surface area is 196 Å². The predicted octanol–water partition coefficient (Wildman–Crippen LogP) is 6.61. The first-order valence-corrected chi connectivity index (χ1v) is 11.6. The van der Waals surface area contributed by atoms with Crippen molar-refractivity contribution in [2.75, 3.05) is 11.4 Å². The molecule has 0 aliphatic heterocycles. The van der Waals surface area contributed by atoms with Gasteiger partial charge in [-0.15, -0.1) is 0 Å². The van der Waals surface area contributed by atoms with Gasteiger partial charge in [0.05, 0.1) is 32.2 Å². The summed E-state index contributed by atoms with van der Waals surface area (Å²) >= 11 is 17.6. The summed E-state index contributed by atoms with van der Waals surface area (Å²) in [6.07, 6.45) is 6.13. The molecular weight excluding hydrogens is 507 g/mol. The summed E-state index contributed by atoms with van der Waals surface area (Å²) in [7, 11) is 0. The molecule has 9 heteroatoms. The lowest BCUT2D eigenvalue weighted by Crippen LogP contribution is -2.32. The van der Waals surface area contributed by atoms with Crippen LogP contribution in [0.15, 0.2) is 53.5 Å². The van der Waals surface area contributed by atoms with Crippen LogP contribution in [0.25, 0.3) is 10.2 Å². The van der Waals surface area contributed by atoms with Crippen LogP contribution in [-0.2, 0) is 6.54 Å². The van der Waals surface area contributed by atoms with E-state index in [1.807, 2.05) is 35.9 Å². The molecule has 4 rings (SSSR count). The van der Waals surface area contributed by atoms with Gasteiger partial charge in [0.25, 0.3) is 5.91 Å². The standard InChI is InChI=1S/C21H17BrCl2N4OS/c1-13-3-5-17(24)19-18(13)26-21(30-19)28(9-2-8-27-10-7-25-12-27)20(29)15-11-14(22)4-6-16(15)23/h3-7,10-12H,2,8-9H2,1H3. The van der Waals surface area contributed by atoms with Crippen LogP contribution in [0.4, 0.5) is 5.13 Å². The third-order valence-electron chi connectivity index (χ3n) is 4.68. The van der Waals surface area contributed by atoms with Gasteiger partial charge in [-0.25, -0.2) is 9.97 Å². The molecule has 0 saturated carbocycles. The Hall–Kier alpha value is -1.93. The number of thiazole rings is 1. The largest absolute Gasteiger partial charge is 0.337 e. The van der Waals surface area contributed by atoms with Crippen molar-refractivity contribution >= 4 is 71.7 Å². The Morgan fingerprint density at radius 3 is 2.77 bits per heavy atom. The average Bonchev–Trinajstić information content (AvgIpc) is 3.40. The van der Waals surface area contributed by atoms with E-state index in [4.69, 9.17) is 28.2 Å². The summed E-state index contributed by atoms with van der Waals surface area (Å²) in [5.41, 5.74) is 2.26. The Kier molecular flexibility index (Phi) is 6.43. The zero-order valence-electron chi connectivity index (χ0n) is 16.0. The summed E-state index contributed by atoms with van der Waals surface area (Å²) in [4.78, 5) is 24.0. The van der Waals surface area contributed by atoms with Crippen molar-refractivity contribution in [3.63, 3.8) is 0 Å². The van der Waals surface area contributed by atoms with E-state index < -0.39 is 0 Å². The van der Waals surface area contributed by atoms with Crippen LogP contribution in [-0.4, -0.2) is 27.0 Å². The minimum absolute atomic E-state index is 0.195. The van der Waals surface area contributed by atoms with Crippen molar-refractivity contribution in [2.45, 2.75) is 19.9 Å². The smallest absolute Gasteiger partial charge is 0.261 e. The monoisotopic (exact) mass is 522 g/mol. The fourth-order valence-corrected chi connectivity index (χ4v) is 5.03. The lowest BCUT2D eigenvalue weighted by atomic mass is 10.2. The Morgan fingerprint density at radius 2 is 2.03 bits per heavy atom. The van der Waals surface area contributed by atoms with Crippen LogP contribution < -0.4 is 4.90 Å². The van der Waals surface area contributed by atoms with Crippen LogP contribution in [0, 0.1) is 6.92 Å². The summed E-state index contributed by atoms with van der Waals surface area (Å²) in [6, 6.07) is 9.05. The molecule has 4 aromatic rings. The van der Waals surface area contributed by atoms with Gasteiger partial charge in [-0.2, -0.15) is 0 Å². The van der Waals surface area contributed by atoms with Crippen LogP contribution in [0.5, 0.6) is 0 Å². The van der Waals surface area contributed by atoms with Gasteiger partial charge in [-0.1, -0.05) is 56.5 Å². The number of hydrogen-bond donors (Lipinski definition) is 0. The first-order valence-electron chi connectivity index (χ1n) is 9.22. The highest BCUT2D eigenvalue weighted by atomic mass is 79.9. The van der Waals surface area contributed by atoms with Crippen LogP contribution in [0.1, 0.15) is 22.3 Å². The van der Waals surface area contributed by atoms with Crippen LogP contribution in [0.2, 0.25) is 10.0 Å². The average molecular weight is 524 g/mol. The van der Waals surface area contributed by atoms with E-state index >= 15 is 0 Å². The minimum atomic E-state index is -0.195. The molecular formula is C21H17BrCl2N4OS. The zero-order valence-corrected chi connectivity index (χ0v) is 19.9. The van der Waals surface area contributed by atoms with Gasteiger partial charge in [-0.3, -0.25) is 9.69 Å². The molecule has 0 unspecified atom stereocenters. The quantitative estimate of drug-likeness (QED) is 0.286. The van der Waals surface area contributed by atoms with E-state index in [-0.39, 0.29) is 5.91 Å². The number of fused-ring (bicyclic) bond motifs is 1. The maximum Gasteiger partial charge on any atom is 0.261 e. The van der Waals surface area contributed by atoms with Crippen molar-refractivity contribution in [1.82, 2.24) is 14.5 Å². The maximum atomic E-state index is 13.5. The Bertz CT molecular complexity index is 1170. The number of carbonyl (C=O) groups excluding carboxylic acids is 1. The van der Waals surface area contributed by atoms with Crippen LogP contribution in [0.3, 0.4) is 0 Å². The lowest BCUT2D eigenvalue weighted by molar-refractivity contribution is 0.0986. The van der Waals surface area contributed by atoms with Gasteiger partial charge in [-0.05, 0) is 43.2 Å². The molecule has 0 aliphatic carbocycles. The van der Waals surface area contributed by atoms with E-state index in [0.717, 1.165) is 33.2 Å². The van der Waals surface area contributed by atoms with E-state index in [1.54, 1.807) is 29.6 Å². The van der Waals surface area contributed by atoms with Gasteiger partial charge in [0.1, 0.15) is 0 Å². The molecule has 2 aromatic carbocycles. The number of amides is 1. The predicted molar refractivity (Wildman–Crippen MR) is 127 cm³/mol. The van der Waals surface area contributed by atoms with Gasteiger partial charge in [0.2, 0.25) is 0 Å². The number of halogens is 3. The second-order valence-electron chi connectivity index (χ2n) is 6.77. The normalized spacial score (nSPS) is 11.2. The van der Waals surface area contributed by atoms with Gasteiger partial charge in [0, 0.05) is 30.0 Å². The number of hydrogen-bond acceptors (Lipinski definition) is 4. The maximum absolute atomic E-state index is 13.5. The molecule has 0 N–H and O–H groups in total. The summed E-state index contributed by atoms with van der Waals surface area (Å²) in [5.74, 6) is -0.195. The van der Waals surface area contributed by atoms with Gasteiger partial charge < -0.3 is 4.57 Å². The first-order chi connectivity index (χ1) is 14.4. The number of imidazole rings is 1. The third-order valence-corrected chi connectivity index (χ3v) is 7.04. The lowest BCUT2D eigenvalue weighted by Gasteiger charge is -2.21.